The Hall–Kier alpha value is -2.83. The van der Waals surface area contributed by atoms with Crippen LogP contribution in [0.2, 0.25) is 5.02 Å². The number of aryl methyl sites for hydroxylation is 2. The van der Waals surface area contributed by atoms with E-state index in [-0.39, 0.29) is 16.8 Å². The van der Waals surface area contributed by atoms with Crippen molar-refractivity contribution in [3.63, 3.8) is 0 Å². The number of hydrogen-bond acceptors (Lipinski definition) is 3. The van der Waals surface area contributed by atoms with Gasteiger partial charge in [-0.05, 0) is 73.9 Å². The number of sulfonamides is 1. The van der Waals surface area contributed by atoms with Gasteiger partial charge in [-0.1, -0.05) is 41.9 Å². The lowest BCUT2D eigenvalue weighted by molar-refractivity contribution is 0.0940. The maximum Gasteiger partial charge on any atom is 0.261 e. The molecule has 3 aromatic carbocycles. The first kappa shape index (κ1) is 21.9. The molecule has 0 bridgehead atoms. The third-order valence-corrected chi connectivity index (χ3v) is 6.50. The van der Waals surface area contributed by atoms with Crippen molar-refractivity contribution in [1.82, 2.24) is 5.32 Å². The average Bonchev–Trinajstić information content (AvgIpc) is 2.70. The van der Waals surface area contributed by atoms with Gasteiger partial charge in [-0.25, -0.2) is 8.42 Å². The molecular weight excluding hydrogens is 420 g/mol. The van der Waals surface area contributed by atoms with Gasteiger partial charge >= 0.3 is 0 Å². The molecule has 2 N–H and O–H groups in total. The highest BCUT2D eigenvalue weighted by Crippen LogP contribution is 2.23. The van der Waals surface area contributed by atoms with E-state index in [4.69, 9.17) is 11.6 Å². The molecule has 5 nitrogen and oxygen atoms in total. The van der Waals surface area contributed by atoms with Crippen LogP contribution < -0.4 is 10.0 Å². The molecule has 0 saturated heterocycles. The quantitative estimate of drug-likeness (QED) is 0.547. The van der Waals surface area contributed by atoms with Gasteiger partial charge in [-0.2, -0.15) is 0 Å². The highest BCUT2D eigenvalue weighted by atomic mass is 35.5. The summed E-state index contributed by atoms with van der Waals surface area (Å²) in [6.07, 6.45) is 0. The topological polar surface area (TPSA) is 75.3 Å². The van der Waals surface area contributed by atoms with E-state index >= 15 is 0 Å². The summed E-state index contributed by atoms with van der Waals surface area (Å²) in [6.45, 7) is 5.68. The first-order valence-corrected chi connectivity index (χ1v) is 11.3. The molecule has 156 valence electrons. The molecule has 1 atom stereocenters. The van der Waals surface area contributed by atoms with Crippen molar-refractivity contribution >= 4 is 33.2 Å². The van der Waals surface area contributed by atoms with Gasteiger partial charge in [0.1, 0.15) is 0 Å². The third-order valence-electron chi connectivity index (χ3n) is 4.87. The van der Waals surface area contributed by atoms with Crippen LogP contribution in [0.25, 0.3) is 0 Å². The molecule has 7 heteroatoms. The van der Waals surface area contributed by atoms with E-state index in [9.17, 15) is 13.2 Å². The number of benzene rings is 3. The molecule has 1 amide bonds. The normalized spacial score (nSPS) is 12.3. The van der Waals surface area contributed by atoms with Crippen LogP contribution in [-0.4, -0.2) is 14.3 Å². The Morgan fingerprint density at radius 2 is 1.60 bits per heavy atom. The van der Waals surface area contributed by atoms with Crippen molar-refractivity contribution in [3.8, 4) is 0 Å². The highest BCUT2D eigenvalue weighted by Gasteiger charge is 2.18. The minimum absolute atomic E-state index is 0.0920. The second kappa shape index (κ2) is 8.90. The van der Waals surface area contributed by atoms with E-state index in [0.29, 0.717) is 21.8 Å². The van der Waals surface area contributed by atoms with Gasteiger partial charge in [-0.3, -0.25) is 9.52 Å². The molecular formula is C23H23ClN2O3S. The monoisotopic (exact) mass is 442 g/mol. The summed E-state index contributed by atoms with van der Waals surface area (Å²) >= 11 is 5.84. The van der Waals surface area contributed by atoms with Crippen LogP contribution in [0.5, 0.6) is 0 Å². The maximum atomic E-state index is 12.8. The maximum absolute atomic E-state index is 12.8. The second-order valence-electron chi connectivity index (χ2n) is 7.14. The number of halogens is 1. The Morgan fingerprint density at radius 3 is 2.27 bits per heavy atom. The largest absolute Gasteiger partial charge is 0.346 e. The number of carbonyl (C=O) groups is 1. The summed E-state index contributed by atoms with van der Waals surface area (Å²) in [7, 11) is -3.81. The molecule has 3 aromatic rings. The molecule has 1 unspecified atom stereocenters. The highest BCUT2D eigenvalue weighted by molar-refractivity contribution is 7.92. The minimum atomic E-state index is -3.81. The van der Waals surface area contributed by atoms with E-state index in [1.165, 1.54) is 24.3 Å². The zero-order valence-corrected chi connectivity index (χ0v) is 18.5. The van der Waals surface area contributed by atoms with Crippen molar-refractivity contribution in [3.05, 3.63) is 94.0 Å². The number of hydrogen-bond donors (Lipinski definition) is 2. The van der Waals surface area contributed by atoms with Crippen LogP contribution in [-0.2, 0) is 10.0 Å². The molecule has 30 heavy (non-hydrogen) atoms. The summed E-state index contributed by atoms with van der Waals surface area (Å²) in [5, 5.41) is 3.42. The number of rotatable bonds is 6. The second-order valence-corrected chi connectivity index (χ2v) is 9.26. The van der Waals surface area contributed by atoms with Gasteiger partial charge in [0, 0.05) is 10.6 Å². The molecule has 0 aliphatic carbocycles. The number of anilines is 1. The molecule has 0 heterocycles. The number of nitrogens with one attached hydrogen (secondary N) is 2. The van der Waals surface area contributed by atoms with Gasteiger partial charge in [0.05, 0.1) is 16.6 Å². The summed E-state index contributed by atoms with van der Waals surface area (Å²) in [5.41, 5.74) is 3.54. The summed E-state index contributed by atoms with van der Waals surface area (Å²) < 4.78 is 27.9. The summed E-state index contributed by atoms with van der Waals surface area (Å²) in [5.74, 6) is -0.280. The van der Waals surface area contributed by atoms with Gasteiger partial charge in [-0.15, -0.1) is 0 Å². The standard InChI is InChI=1S/C23H23ClN2O3S/c1-15-6-4-5-7-21(15)17(3)25-23(27)18-9-8-16(2)22(14-18)26-30(28,29)20-12-10-19(24)11-13-20/h4-14,17,26H,1-3H3,(H,25,27). The lowest BCUT2D eigenvalue weighted by Crippen LogP contribution is -2.27. The molecule has 0 aliphatic rings. The lowest BCUT2D eigenvalue weighted by Gasteiger charge is -2.17. The molecule has 0 fully saturated rings. The SMILES string of the molecule is Cc1ccc(C(=O)NC(C)c2ccccc2C)cc1NS(=O)(=O)c1ccc(Cl)cc1. The van der Waals surface area contributed by atoms with E-state index in [1.807, 2.05) is 38.1 Å². The number of carbonyl (C=O) groups excluding carboxylic acids is 1. The zero-order chi connectivity index (χ0) is 21.9. The fourth-order valence-corrected chi connectivity index (χ4v) is 4.37. The van der Waals surface area contributed by atoms with Crippen molar-refractivity contribution in [2.24, 2.45) is 0 Å². The van der Waals surface area contributed by atoms with Crippen molar-refractivity contribution in [1.29, 1.82) is 0 Å². The molecule has 0 radical (unpaired) electrons. The van der Waals surface area contributed by atoms with Gasteiger partial charge < -0.3 is 5.32 Å². The van der Waals surface area contributed by atoms with Crippen molar-refractivity contribution < 1.29 is 13.2 Å². The Bertz CT molecular complexity index is 1180. The Balaban J connectivity index is 1.81. The molecule has 0 aromatic heterocycles. The minimum Gasteiger partial charge on any atom is -0.346 e. The molecule has 3 rings (SSSR count). The predicted octanol–water partition coefficient (Wildman–Crippen LogP) is 5.25. The summed E-state index contributed by atoms with van der Waals surface area (Å²) in [6, 6.07) is 18.5. The average molecular weight is 443 g/mol. The van der Waals surface area contributed by atoms with Crippen LogP contribution in [0.3, 0.4) is 0 Å². The van der Waals surface area contributed by atoms with E-state index in [2.05, 4.69) is 10.0 Å². The first-order valence-electron chi connectivity index (χ1n) is 9.43. The van der Waals surface area contributed by atoms with Crippen LogP contribution in [0.15, 0.2) is 71.6 Å². The molecule has 0 saturated carbocycles. The Morgan fingerprint density at radius 1 is 0.933 bits per heavy atom. The number of amides is 1. The van der Waals surface area contributed by atoms with Crippen molar-refractivity contribution in [2.45, 2.75) is 31.7 Å². The lowest BCUT2D eigenvalue weighted by atomic mass is 10.0. The molecule has 0 aliphatic heterocycles. The van der Waals surface area contributed by atoms with Crippen LogP contribution >= 0.6 is 11.6 Å². The fourth-order valence-electron chi connectivity index (χ4n) is 3.12. The van der Waals surface area contributed by atoms with E-state index in [1.54, 1.807) is 25.1 Å². The van der Waals surface area contributed by atoms with Gasteiger partial charge in [0.15, 0.2) is 0 Å². The molecule has 0 spiro atoms. The summed E-state index contributed by atoms with van der Waals surface area (Å²) in [4.78, 5) is 12.9. The Labute approximate surface area is 182 Å². The van der Waals surface area contributed by atoms with Gasteiger partial charge in [0.25, 0.3) is 15.9 Å². The Kier molecular flexibility index (Phi) is 6.48. The van der Waals surface area contributed by atoms with Crippen molar-refractivity contribution in [2.75, 3.05) is 4.72 Å². The van der Waals surface area contributed by atoms with Gasteiger partial charge in [0.2, 0.25) is 0 Å². The van der Waals surface area contributed by atoms with Crippen LogP contribution in [0.1, 0.15) is 40.0 Å². The van der Waals surface area contributed by atoms with Crippen LogP contribution in [0.4, 0.5) is 5.69 Å². The first-order chi connectivity index (χ1) is 14.2. The van der Waals surface area contributed by atoms with Crippen LogP contribution in [0, 0.1) is 13.8 Å². The zero-order valence-electron chi connectivity index (χ0n) is 16.9. The van der Waals surface area contributed by atoms with E-state index in [0.717, 1.165) is 11.1 Å². The smallest absolute Gasteiger partial charge is 0.261 e. The predicted molar refractivity (Wildman–Crippen MR) is 120 cm³/mol. The third kappa shape index (κ3) is 5.01. The van der Waals surface area contributed by atoms with E-state index < -0.39 is 10.0 Å². The fraction of sp³-hybridized carbons (Fsp3) is 0.174.